The number of unbranched alkanes of at least 4 members (excludes halogenated alkanes) is 1. The number of nitrogens with zero attached hydrogens (tertiary/aromatic N) is 4. The van der Waals surface area contributed by atoms with Gasteiger partial charge in [-0.15, -0.1) is 0 Å². The molecule has 0 unspecified atom stereocenters. The van der Waals surface area contributed by atoms with Crippen LogP contribution in [0.15, 0.2) is 77.5 Å². The van der Waals surface area contributed by atoms with Gasteiger partial charge in [-0.2, -0.15) is 10.4 Å². The van der Waals surface area contributed by atoms with Gasteiger partial charge in [-0.1, -0.05) is 31.5 Å². The number of methoxy groups -OCH3 is 1. The summed E-state index contributed by atoms with van der Waals surface area (Å²) in [6, 6.07) is 19.3. The van der Waals surface area contributed by atoms with Crippen LogP contribution in [0.4, 0.5) is 0 Å². The van der Waals surface area contributed by atoms with Crippen LogP contribution in [0.5, 0.6) is 5.75 Å². The van der Waals surface area contributed by atoms with Crippen molar-refractivity contribution in [2.45, 2.75) is 26.7 Å². The fourth-order valence-electron chi connectivity index (χ4n) is 4.14. The lowest BCUT2D eigenvalue weighted by Crippen LogP contribution is -2.44. The highest BCUT2D eigenvalue weighted by atomic mass is 16.5. The van der Waals surface area contributed by atoms with Gasteiger partial charge in [0, 0.05) is 30.0 Å². The van der Waals surface area contributed by atoms with Gasteiger partial charge in [0.2, 0.25) is 0 Å². The molecule has 1 aromatic heterocycles. The van der Waals surface area contributed by atoms with Crippen LogP contribution in [0.2, 0.25) is 0 Å². The first-order chi connectivity index (χ1) is 18.5. The lowest BCUT2D eigenvalue weighted by Gasteiger charge is -2.27. The lowest BCUT2D eigenvalue weighted by atomic mass is 9.93. The first kappa shape index (κ1) is 26.6. The van der Waals surface area contributed by atoms with Crippen molar-refractivity contribution in [3.05, 3.63) is 83.1 Å². The number of hydrogen-bond acceptors (Lipinski definition) is 6. The highest BCUT2D eigenvalue weighted by Crippen LogP contribution is 2.31. The number of hydrogen-bond donors (Lipinski definition) is 0. The van der Waals surface area contributed by atoms with E-state index in [0.29, 0.717) is 23.4 Å². The summed E-state index contributed by atoms with van der Waals surface area (Å²) in [4.78, 5) is 27.3. The number of rotatable bonds is 10. The standard InChI is InChI=1S/C30H30N4O4/c1-4-5-16-38-25-13-11-22(12-14-25)28-23(20-34(32-28)24-9-7-6-8-10-24)18-26-21(2)27(19-31)30(36)33(29(26)35)15-17-37-3/h6-14,18,20H,4-5,15-17H2,1-3H3/b26-18+. The molecular formula is C30H30N4O4. The molecule has 0 atom stereocenters. The molecule has 4 rings (SSSR count). The fraction of sp³-hybridized carbons (Fsp3) is 0.267. The number of amides is 2. The average Bonchev–Trinajstić information content (AvgIpc) is 3.36. The molecule has 0 radical (unpaired) electrons. The summed E-state index contributed by atoms with van der Waals surface area (Å²) in [5.74, 6) is -0.304. The van der Waals surface area contributed by atoms with Gasteiger partial charge in [0.1, 0.15) is 17.4 Å². The van der Waals surface area contributed by atoms with Gasteiger partial charge in [-0.3, -0.25) is 14.5 Å². The molecule has 0 saturated carbocycles. The van der Waals surface area contributed by atoms with E-state index in [0.717, 1.165) is 34.7 Å². The highest BCUT2D eigenvalue weighted by Gasteiger charge is 2.35. The Kier molecular flexibility index (Phi) is 8.51. The summed E-state index contributed by atoms with van der Waals surface area (Å²) >= 11 is 0. The molecule has 194 valence electrons. The molecule has 8 heteroatoms. The summed E-state index contributed by atoms with van der Waals surface area (Å²) in [5, 5.41) is 14.5. The number of aromatic nitrogens is 2. The van der Waals surface area contributed by atoms with Crippen LogP contribution in [0.25, 0.3) is 23.0 Å². The third-order valence-electron chi connectivity index (χ3n) is 6.30. The minimum Gasteiger partial charge on any atom is -0.494 e. The lowest BCUT2D eigenvalue weighted by molar-refractivity contribution is -0.141. The minimum absolute atomic E-state index is 0.0552. The quantitative estimate of drug-likeness (QED) is 0.217. The third-order valence-corrected chi connectivity index (χ3v) is 6.30. The van der Waals surface area contributed by atoms with E-state index in [9.17, 15) is 14.9 Å². The molecule has 3 aromatic rings. The van der Waals surface area contributed by atoms with Gasteiger partial charge in [-0.25, -0.2) is 4.68 Å². The first-order valence-electron chi connectivity index (χ1n) is 12.5. The van der Waals surface area contributed by atoms with E-state index in [1.54, 1.807) is 17.7 Å². The molecule has 1 aliphatic heterocycles. The van der Waals surface area contributed by atoms with Gasteiger partial charge < -0.3 is 9.47 Å². The Bertz CT molecular complexity index is 1410. The second-order valence-corrected chi connectivity index (χ2v) is 8.86. The Morgan fingerprint density at radius 3 is 2.42 bits per heavy atom. The van der Waals surface area contributed by atoms with Gasteiger partial charge in [0.15, 0.2) is 0 Å². The molecule has 0 N–H and O–H groups in total. The monoisotopic (exact) mass is 510 g/mol. The number of carbonyl (C=O) groups excluding carboxylic acids is 2. The maximum atomic E-state index is 13.4. The van der Waals surface area contributed by atoms with Crippen molar-refractivity contribution in [2.75, 3.05) is 26.9 Å². The summed E-state index contributed by atoms with van der Waals surface area (Å²) < 4.78 is 12.6. The van der Waals surface area contributed by atoms with Gasteiger partial charge in [0.05, 0.1) is 31.1 Å². The van der Waals surface area contributed by atoms with Crippen LogP contribution < -0.4 is 4.74 Å². The number of benzene rings is 2. The summed E-state index contributed by atoms with van der Waals surface area (Å²) in [7, 11) is 1.49. The van der Waals surface area contributed by atoms with E-state index in [1.807, 2.05) is 66.9 Å². The van der Waals surface area contributed by atoms with Crippen molar-refractivity contribution >= 4 is 17.9 Å². The fourth-order valence-corrected chi connectivity index (χ4v) is 4.14. The predicted octanol–water partition coefficient (Wildman–Crippen LogP) is 4.96. The molecule has 0 spiro atoms. The largest absolute Gasteiger partial charge is 0.494 e. The van der Waals surface area contributed by atoms with Crippen molar-refractivity contribution in [1.29, 1.82) is 5.26 Å². The first-order valence-corrected chi connectivity index (χ1v) is 12.5. The Morgan fingerprint density at radius 2 is 1.76 bits per heavy atom. The Labute approximate surface area is 222 Å². The van der Waals surface area contributed by atoms with Crippen molar-refractivity contribution < 1.29 is 19.1 Å². The molecule has 0 saturated heterocycles. The van der Waals surface area contributed by atoms with Gasteiger partial charge >= 0.3 is 0 Å². The van der Waals surface area contributed by atoms with Crippen LogP contribution in [0.3, 0.4) is 0 Å². The zero-order valence-corrected chi connectivity index (χ0v) is 21.8. The number of carbonyl (C=O) groups is 2. The van der Waals surface area contributed by atoms with Crippen LogP contribution >= 0.6 is 0 Å². The Hall–Kier alpha value is -4.48. The van der Waals surface area contributed by atoms with Crippen LogP contribution in [0, 0.1) is 11.3 Å². The topological polar surface area (TPSA) is 97.4 Å². The molecule has 8 nitrogen and oxygen atoms in total. The van der Waals surface area contributed by atoms with E-state index < -0.39 is 11.8 Å². The summed E-state index contributed by atoms with van der Waals surface area (Å²) in [6.07, 6.45) is 5.58. The van der Waals surface area contributed by atoms with Crippen LogP contribution in [0.1, 0.15) is 32.3 Å². The third kappa shape index (κ3) is 5.58. The molecule has 2 amide bonds. The zero-order chi connectivity index (χ0) is 27.1. The SMILES string of the molecule is CCCCOc1ccc(-c2nn(-c3ccccc3)cc2/C=C2/C(=O)N(CCOC)C(=O)C(C#N)=C2C)cc1. The Balaban J connectivity index is 1.81. The zero-order valence-electron chi connectivity index (χ0n) is 21.8. The van der Waals surface area contributed by atoms with Crippen molar-refractivity contribution in [2.24, 2.45) is 0 Å². The van der Waals surface area contributed by atoms with E-state index in [4.69, 9.17) is 14.6 Å². The minimum atomic E-state index is -0.608. The number of ether oxygens (including phenoxy) is 2. The maximum absolute atomic E-state index is 13.4. The van der Waals surface area contributed by atoms with E-state index in [-0.39, 0.29) is 24.3 Å². The van der Waals surface area contributed by atoms with E-state index in [2.05, 4.69) is 6.92 Å². The number of imide groups is 1. The van der Waals surface area contributed by atoms with Crippen molar-refractivity contribution in [1.82, 2.24) is 14.7 Å². The molecular weight excluding hydrogens is 480 g/mol. The molecule has 38 heavy (non-hydrogen) atoms. The van der Waals surface area contributed by atoms with E-state index >= 15 is 0 Å². The summed E-state index contributed by atoms with van der Waals surface area (Å²) in [5.41, 5.74) is 3.58. The average molecular weight is 511 g/mol. The molecule has 0 bridgehead atoms. The molecule has 0 fully saturated rings. The van der Waals surface area contributed by atoms with Crippen LogP contribution in [-0.4, -0.2) is 53.4 Å². The highest BCUT2D eigenvalue weighted by molar-refractivity contribution is 6.19. The number of nitriles is 1. The second kappa shape index (κ2) is 12.2. The van der Waals surface area contributed by atoms with E-state index in [1.165, 1.54) is 7.11 Å². The molecule has 2 aromatic carbocycles. The maximum Gasteiger partial charge on any atom is 0.271 e. The second-order valence-electron chi connectivity index (χ2n) is 8.86. The van der Waals surface area contributed by atoms with Gasteiger partial charge in [0.25, 0.3) is 11.8 Å². The summed E-state index contributed by atoms with van der Waals surface area (Å²) in [6.45, 7) is 4.62. The Morgan fingerprint density at radius 1 is 1.03 bits per heavy atom. The number of para-hydroxylation sites is 1. The molecule has 1 aliphatic rings. The smallest absolute Gasteiger partial charge is 0.271 e. The van der Waals surface area contributed by atoms with Crippen LogP contribution in [-0.2, 0) is 14.3 Å². The predicted molar refractivity (Wildman–Crippen MR) is 144 cm³/mol. The normalized spacial score (nSPS) is 14.8. The van der Waals surface area contributed by atoms with Crippen molar-refractivity contribution in [3.63, 3.8) is 0 Å². The van der Waals surface area contributed by atoms with Crippen molar-refractivity contribution in [3.8, 4) is 28.8 Å². The molecule has 2 heterocycles. The molecule has 0 aliphatic carbocycles. The van der Waals surface area contributed by atoms with Gasteiger partial charge in [-0.05, 0) is 61.4 Å².